The van der Waals surface area contributed by atoms with Crippen molar-refractivity contribution in [2.24, 2.45) is 0 Å². The van der Waals surface area contributed by atoms with Crippen molar-refractivity contribution in [1.29, 1.82) is 0 Å². The van der Waals surface area contributed by atoms with Crippen LogP contribution in [0.5, 0.6) is 28.7 Å². The van der Waals surface area contributed by atoms with Crippen LogP contribution in [-0.4, -0.2) is 42.7 Å². The number of rotatable bonds is 6. The van der Waals surface area contributed by atoms with Crippen LogP contribution in [0.4, 0.5) is 0 Å². The Morgan fingerprint density at radius 2 is 1.64 bits per heavy atom. The lowest BCUT2D eigenvalue weighted by atomic mass is 10.0. The quantitative estimate of drug-likeness (QED) is 0.307. The van der Waals surface area contributed by atoms with Gasteiger partial charge < -0.3 is 30.6 Å². The van der Waals surface area contributed by atoms with Gasteiger partial charge in [0.15, 0.2) is 11.5 Å². The molecular weight excluding hydrogens is 330 g/mol. The molecule has 0 fully saturated rings. The standard InChI is InChI=1S/C17H19NO7/c1-8(11-7-10(19)3-5-13(11)20)18-12(17(24)25)6-9-2-4-14(21)16(23)15(9)22/h2-5,7-8,12,18-23H,6H2,1H3,(H,24,25). The minimum atomic E-state index is -1.21. The zero-order valence-electron chi connectivity index (χ0n) is 13.3. The summed E-state index contributed by atoms with van der Waals surface area (Å²) in [4.78, 5) is 11.5. The third-order valence-electron chi connectivity index (χ3n) is 3.86. The smallest absolute Gasteiger partial charge is 0.321 e. The van der Waals surface area contributed by atoms with E-state index in [-0.39, 0.29) is 23.5 Å². The van der Waals surface area contributed by atoms with Gasteiger partial charge in [-0.1, -0.05) is 6.07 Å². The van der Waals surface area contributed by atoms with E-state index in [1.54, 1.807) is 6.92 Å². The van der Waals surface area contributed by atoms with Gasteiger partial charge in [-0.25, -0.2) is 0 Å². The van der Waals surface area contributed by atoms with E-state index in [4.69, 9.17) is 0 Å². The molecular formula is C17H19NO7. The van der Waals surface area contributed by atoms with E-state index in [0.29, 0.717) is 5.56 Å². The van der Waals surface area contributed by atoms with Crippen molar-refractivity contribution in [1.82, 2.24) is 5.32 Å². The molecule has 2 aromatic rings. The minimum absolute atomic E-state index is 0.0746. The number of hydrogen-bond donors (Lipinski definition) is 7. The van der Waals surface area contributed by atoms with Gasteiger partial charge in [-0.2, -0.15) is 0 Å². The molecule has 134 valence electrons. The highest BCUT2D eigenvalue weighted by molar-refractivity contribution is 5.74. The van der Waals surface area contributed by atoms with Crippen molar-refractivity contribution in [2.45, 2.75) is 25.4 Å². The highest BCUT2D eigenvalue weighted by atomic mass is 16.4. The molecule has 0 aliphatic carbocycles. The molecule has 25 heavy (non-hydrogen) atoms. The number of benzene rings is 2. The van der Waals surface area contributed by atoms with Crippen LogP contribution < -0.4 is 5.32 Å². The molecule has 2 aromatic carbocycles. The second kappa shape index (κ2) is 7.18. The molecule has 2 atom stereocenters. The van der Waals surface area contributed by atoms with E-state index in [1.165, 1.54) is 24.3 Å². The Balaban J connectivity index is 2.23. The van der Waals surface area contributed by atoms with Crippen LogP contribution >= 0.6 is 0 Å². The zero-order chi connectivity index (χ0) is 18.7. The predicted octanol–water partition coefficient (Wildman–Crippen LogP) is 1.56. The fourth-order valence-corrected chi connectivity index (χ4v) is 2.49. The Kier molecular flexibility index (Phi) is 5.23. The van der Waals surface area contributed by atoms with Gasteiger partial charge in [0.1, 0.15) is 17.5 Å². The van der Waals surface area contributed by atoms with Gasteiger partial charge in [-0.05, 0) is 31.2 Å². The van der Waals surface area contributed by atoms with Gasteiger partial charge in [0.25, 0.3) is 0 Å². The fourth-order valence-electron chi connectivity index (χ4n) is 2.49. The largest absolute Gasteiger partial charge is 0.508 e. The number of hydrogen-bond acceptors (Lipinski definition) is 7. The molecule has 2 rings (SSSR count). The van der Waals surface area contributed by atoms with Crippen molar-refractivity contribution in [2.75, 3.05) is 0 Å². The highest BCUT2D eigenvalue weighted by Crippen LogP contribution is 2.37. The molecule has 0 bridgehead atoms. The molecule has 0 saturated heterocycles. The van der Waals surface area contributed by atoms with E-state index in [1.807, 2.05) is 0 Å². The van der Waals surface area contributed by atoms with E-state index < -0.39 is 35.3 Å². The molecule has 0 heterocycles. The average molecular weight is 349 g/mol. The lowest BCUT2D eigenvalue weighted by Gasteiger charge is -2.22. The average Bonchev–Trinajstić information content (AvgIpc) is 2.56. The Labute approximate surface area is 143 Å². The summed E-state index contributed by atoms with van der Waals surface area (Å²) in [6.45, 7) is 1.61. The molecule has 0 aromatic heterocycles. The second-order valence-electron chi connectivity index (χ2n) is 5.67. The van der Waals surface area contributed by atoms with E-state index in [2.05, 4.69) is 5.32 Å². The van der Waals surface area contributed by atoms with Crippen LogP contribution in [0, 0.1) is 0 Å². The van der Waals surface area contributed by atoms with Crippen LogP contribution in [0.25, 0.3) is 0 Å². The van der Waals surface area contributed by atoms with Crippen LogP contribution in [0.1, 0.15) is 24.1 Å². The summed E-state index contributed by atoms with van der Waals surface area (Å²) in [6, 6.07) is 4.58. The van der Waals surface area contributed by atoms with Crippen LogP contribution in [0.15, 0.2) is 30.3 Å². The molecule has 8 nitrogen and oxygen atoms in total. The number of phenols is 5. The maximum absolute atomic E-state index is 11.5. The Hall–Kier alpha value is -3.13. The molecule has 7 N–H and O–H groups in total. The highest BCUT2D eigenvalue weighted by Gasteiger charge is 2.24. The van der Waals surface area contributed by atoms with Gasteiger partial charge in [-0.3, -0.25) is 10.1 Å². The summed E-state index contributed by atoms with van der Waals surface area (Å²) in [5.41, 5.74) is 0.437. The maximum Gasteiger partial charge on any atom is 0.321 e. The van der Waals surface area contributed by atoms with Gasteiger partial charge in [-0.15, -0.1) is 0 Å². The van der Waals surface area contributed by atoms with Crippen LogP contribution in [0.2, 0.25) is 0 Å². The summed E-state index contributed by atoms with van der Waals surface area (Å²) in [5.74, 6) is -3.22. The zero-order valence-corrected chi connectivity index (χ0v) is 13.3. The number of aliphatic carboxylic acids is 1. The first-order valence-electron chi connectivity index (χ1n) is 7.44. The molecule has 2 unspecified atom stereocenters. The van der Waals surface area contributed by atoms with Gasteiger partial charge in [0.05, 0.1) is 0 Å². The molecule has 0 spiro atoms. The van der Waals surface area contributed by atoms with Gasteiger partial charge in [0.2, 0.25) is 5.75 Å². The molecule has 0 aliphatic heterocycles. The Bertz CT molecular complexity index is 791. The number of carboxylic acid groups (broad SMARTS) is 1. The monoisotopic (exact) mass is 349 g/mol. The fraction of sp³-hybridized carbons (Fsp3) is 0.235. The summed E-state index contributed by atoms with van der Waals surface area (Å²) < 4.78 is 0. The van der Waals surface area contributed by atoms with Crippen molar-refractivity contribution in [3.63, 3.8) is 0 Å². The normalized spacial score (nSPS) is 13.3. The van der Waals surface area contributed by atoms with Gasteiger partial charge in [0, 0.05) is 23.6 Å². The second-order valence-corrected chi connectivity index (χ2v) is 5.67. The molecule has 8 heteroatoms. The lowest BCUT2D eigenvalue weighted by Crippen LogP contribution is -2.40. The maximum atomic E-state index is 11.5. The minimum Gasteiger partial charge on any atom is -0.508 e. The number of carboxylic acids is 1. The van der Waals surface area contributed by atoms with E-state index in [9.17, 15) is 35.4 Å². The molecule has 0 aliphatic rings. The van der Waals surface area contributed by atoms with E-state index in [0.717, 1.165) is 6.07 Å². The van der Waals surface area contributed by atoms with E-state index >= 15 is 0 Å². The molecule has 0 radical (unpaired) electrons. The predicted molar refractivity (Wildman–Crippen MR) is 87.9 cm³/mol. The first kappa shape index (κ1) is 18.2. The summed E-state index contributed by atoms with van der Waals surface area (Å²) in [7, 11) is 0. The van der Waals surface area contributed by atoms with Crippen molar-refractivity contribution >= 4 is 5.97 Å². The van der Waals surface area contributed by atoms with Crippen LogP contribution in [0.3, 0.4) is 0 Å². The third-order valence-corrected chi connectivity index (χ3v) is 3.86. The summed E-state index contributed by atoms with van der Waals surface area (Å²) >= 11 is 0. The lowest BCUT2D eigenvalue weighted by molar-refractivity contribution is -0.139. The SMILES string of the molecule is CC(NC(Cc1ccc(O)c(O)c1O)C(=O)O)c1cc(O)ccc1O. The molecule has 0 saturated carbocycles. The number of phenolic OH excluding ortho intramolecular Hbond substituents is 5. The van der Waals surface area contributed by atoms with Crippen molar-refractivity contribution < 1.29 is 35.4 Å². The number of carbonyl (C=O) groups is 1. The first-order chi connectivity index (χ1) is 11.7. The summed E-state index contributed by atoms with van der Waals surface area (Å²) in [5, 5.41) is 60.3. The Morgan fingerprint density at radius 1 is 1.00 bits per heavy atom. The molecule has 0 amide bonds. The number of aromatic hydroxyl groups is 5. The number of nitrogens with one attached hydrogen (secondary N) is 1. The first-order valence-corrected chi connectivity index (χ1v) is 7.44. The topological polar surface area (TPSA) is 150 Å². The summed E-state index contributed by atoms with van der Waals surface area (Å²) in [6.07, 6.45) is -0.182. The Morgan fingerprint density at radius 3 is 2.28 bits per heavy atom. The van der Waals surface area contributed by atoms with Gasteiger partial charge >= 0.3 is 5.97 Å². The van der Waals surface area contributed by atoms with Crippen molar-refractivity contribution in [3.05, 3.63) is 41.5 Å². The van der Waals surface area contributed by atoms with Crippen molar-refractivity contribution in [3.8, 4) is 28.7 Å². The third kappa shape index (κ3) is 4.04. The van der Waals surface area contributed by atoms with Crippen LogP contribution in [-0.2, 0) is 11.2 Å².